The molecule has 1 aromatic heterocycles. The van der Waals surface area contributed by atoms with Crippen LogP contribution in [0.25, 0.3) is 11.0 Å². The molecule has 0 unspecified atom stereocenters. The molecule has 0 radical (unpaired) electrons. The molecule has 2 aromatic rings. The van der Waals surface area contributed by atoms with Gasteiger partial charge in [0.15, 0.2) is 0 Å². The van der Waals surface area contributed by atoms with E-state index in [4.69, 9.17) is 5.11 Å². The van der Waals surface area contributed by atoms with Crippen molar-refractivity contribution < 1.29 is 14.3 Å². The highest BCUT2D eigenvalue weighted by atomic mass is 79.9. The molecule has 0 saturated heterocycles. The molecule has 0 saturated carbocycles. The van der Waals surface area contributed by atoms with Crippen LogP contribution in [0.1, 0.15) is 26.1 Å². The molecular formula is C13H14BrFN2O2. The summed E-state index contributed by atoms with van der Waals surface area (Å²) in [5.41, 5.74) is 0.867. The second-order valence-corrected chi connectivity index (χ2v) is 6.23. The molecule has 6 heteroatoms. The molecule has 1 heterocycles. The number of H-pyrrole nitrogens is 1. The van der Waals surface area contributed by atoms with E-state index in [1.165, 1.54) is 6.07 Å². The summed E-state index contributed by atoms with van der Waals surface area (Å²) in [4.78, 5) is 18.2. The number of aliphatic carboxylic acids is 1. The summed E-state index contributed by atoms with van der Waals surface area (Å²) in [5, 5.41) is 8.85. The number of hydrogen-bond donors (Lipinski definition) is 2. The third-order valence-electron chi connectivity index (χ3n) is 2.85. The number of rotatable bonds is 4. The van der Waals surface area contributed by atoms with Crippen LogP contribution in [0, 0.1) is 11.2 Å². The number of hydrogen-bond acceptors (Lipinski definition) is 2. The van der Waals surface area contributed by atoms with Crippen LogP contribution in [0.4, 0.5) is 4.39 Å². The third kappa shape index (κ3) is 3.32. The lowest BCUT2D eigenvalue weighted by molar-refractivity contribution is -0.139. The van der Waals surface area contributed by atoms with Crippen molar-refractivity contribution in [1.29, 1.82) is 0 Å². The minimum absolute atomic E-state index is 0.0576. The summed E-state index contributed by atoms with van der Waals surface area (Å²) in [5.74, 6) is -0.527. The van der Waals surface area contributed by atoms with Crippen molar-refractivity contribution in [1.82, 2.24) is 9.97 Å². The molecule has 19 heavy (non-hydrogen) atoms. The van der Waals surface area contributed by atoms with Crippen molar-refractivity contribution >= 4 is 32.9 Å². The lowest BCUT2D eigenvalue weighted by atomic mass is 9.85. The summed E-state index contributed by atoms with van der Waals surface area (Å²) >= 11 is 3.11. The molecule has 2 rings (SSSR count). The van der Waals surface area contributed by atoms with Gasteiger partial charge in [-0.3, -0.25) is 4.79 Å². The summed E-state index contributed by atoms with van der Waals surface area (Å²) in [7, 11) is 0. The zero-order chi connectivity index (χ0) is 14.2. The zero-order valence-electron chi connectivity index (χ0n) is 10.6. The number of benzene rings is 1. The highest BCUT2D eigenvalue weighted by Gasteiger charge is 2.24. The Kier molecular flexibility index (Phi) is 3.62. The van der Waals surface area contributed by atoms with Gasteiger partial charge >= 0.3 is 5.97 Å². The standard InChI is InChI=1S/C13H14BrFN2O2/c1-13(2,6-12(18)19)5-11-16-9-3-7(14)8(15)4-10(9)17-11/h3-4H,5-6H2,1-2H3,(H,16,17)(H,18,19). The number of aromatic amines is 1. The summed E-state index contributed by atoms with van der Waals surface area (Å²) < 4.78 is 13.8. The average Bonchev–Trinajstić information content (AvgIpc) is 2.56. The lowest BCUT2D eigenvalue weighted by Crippen LogP contribution is -2.20. The van der Waals surface area contributed by atoms with E-state index < -0.39 is 11.4 Å². The number of carboxylic acid groups (broad SMARTS) is 1. The molecule has 0 spiro atoms. The van der Waals surface area contributed by atoms with Crippen molar-refractivity contribution in [3.8, 4) is 0 Å². The second kappa shape index (κ2) is 4.92. The van der Waals surface area contributed by atoms with Gasteiger partial charge in [0, 0.05) is 12.5 Å². The Bertz CT molecular complexity index is 598. The molecule has 1 aromatic carbocycles. The SMILES string of the molecule is CC(C)(CC(=O)O)Cc1nc2cc(Br)c(F)cc2[nH]1. The first-order valence-corrected chi connectivity index (χ1v) is 6.61. The number of fused-ring (bicyclic) bond motifs is 1. The Morgan fingerprint density at radius 1 is 1.53 bits per heavy atom. The maximum absolute atomic E-state index is 13.4. The molecule has 102 valence electrons. The smallest absolute Gasteiger partial charge is 0.303 e. The predicted octanol–water partition coefficient (Wildman–Crippen LogP) is 3.51. The largest absolute Gasteiger partial charge is 0.481 e. The number of nitrogens with one attached hydrogen (secondary N) is 1. The van der Waals surface area contributed by atoms with Crippen LogP contribution in [-0.2, 0) is 11.2 Å². The third-order valence-corrected chi connectivity index (χ3v) is 3.46. The second-order valence-electron chi connectivity index (χ2n) is 5.38. The fourth-order valence-corrected chi connectivity index (χ4v) is 2.40. The first kappa shape index (κ1) is 14.0. The van der Waals surface area contributed by atoms with Gasteiger partial charge in [0.05, 0.1) is 21.9 Å². The van der Waals surface area contributed by atoms with Gasteiger partial charge in [0.1, 0.15) is 11.6 Å². The molecule has 0 amide bonds. The molecule has 0 atom stereocenters. The average molecular weight is 329 g/mol. The Balaban J connectivity index is 2.29. The number of imidazole rings is 1. The van der Waals surface area contributed by atoms with E-state index in [1.54, 1.807) is 6.07 Å². The predicted molar refractivity (Wildman–Crippen MR) is 73.5 cm³/mol. The normalized spacial score (nSPS) is 12.0. The molecule has 0 aliphatic carbocycles. The first-order valence-electron chi connectivity index (χ1n) is 5.82. The van der Waals surface area contributed by atoms with E-state index in [0.29, 0.717) is 27.8 Å². The van der Waals surface area contributed by atoms with Crippen LogP contribution in [0.5, 0.6) is 0 Å². The van der Waals surface area contributed by atoms with Gasteiger partial charge in [-0.2, -0.15) is 0 Å². The Labute approximate surface area is 118 Å². The van der Waals surface area contributed by atoms with Crippen LogP contribution in [0.15, 0.2) is 16.6 Å². The van der Waals surface area contributed by atoms with Crippen molar-refractivity contribution in [2.24, 2.45) is 5.41 Å². The van der Waals surface area contributed by atoms with E-state index in [-0.39, 0.29) is 12.2 Å². The highest BCUT2D eigenvalue weighted by molar-refractivity contribution is 9.10. The summed E-state index contributed by atoms with van der Waals surface area (Å²) in [6, 6.07) is 2.98. The minimum atomic E-state index is -0.838. The van der Waals surface area contributed by atoms with E-state index >= 15 is 0 Å². The highest BCUT2D eigenvalue weighted by Crippen LogP contribution is 2.27. The van der Waals surface area contributed by atoms with Crippen molar-refractivity contribution in [2.75, 3.05) is 0 Å². The molecule has 0 aliphatic rings. The van der Waals surface area contributed by atoms with E-state index in [9.17, 15) is 9.18 Å². The van der Waals surface area contributed by atoms with Gasteiger partial charge in [-0.1, -0.05) is 13.8 Å². The van der Waals surface area contributed by atoms with Crippen LogP contribution in [0.2, 0.25) is 0 Å². The monoisotopic (exact) mass is 328 g/mol. The van der Waals surface area contributed by atoms with E-state index in [2.05, 4.69) is 25.9 Å². The Morgan fingerprint density at radius 2 is 2.21 bits per heavy atom. The number of carbonyl (C=O) groups is 1. The first-order chi connectivity index (χ1) is 8.77. The van der Waals surface area contributed by atoms with Crippen LogP contribution < -0.4 is 0 Å². The fourth-order valence-electron chi connectivity index (χ4n) is 2.07. The molecule has 2 N–H and O–H groups in total. The van der Waals surface area contributed by atoms with Gasteiger partial charge < -0.3 is 10.1 Å². The number of nitrogens with zero attached hydrogens (tertiary/aromatic N) is 1. The lowest BCUT2D eigenvalue weighted by Gasteiger charge is -2.20. The maximum atomic E-state index is 13.4. The molecular weight excluding hydrogens is 315 g/mol. The quantitative estimate of drug-likeness (QED) is 0.902. The van der Waals surface area contributed by atoms with Gasteiger partial charge in [-0.25, -0.2) is 9.37 Å². The molecule has 0 aliphatic heterocycles. The summed E-state index contributed by atoms with van der Waals surface area (Å²) in [6.45, 7) is 3.73. The Hall–Kier alpha value is -1.43. The van der Waals surface area contributed by atoms with Crippen molar-refractivity contribution in [2.45, 2.75) is 26.7 Å². The molecule has 0 fully saturated rings. The zero-order valence-corrected chi connectivity index (χ0v) is 12.2. The van der Waals surface area contributed by atoms with Crippen molar-refractivity contribution in [3.05, 3.63) is 28.2 Å². The van der Waals surface area contributed by atoms with Gasteiger partial charge in [-0.15, -0.1) is 0 Å². The van der Waals surface area contributed by atoms with Crippen LogP contribution in [-0.4, -0.2) is 21.0 Å². The van der Waals surface area contributed by atoms with E-state index in [1.807, 2.05) is 13.8 Å². The molecule has 4 nitrogen and oxygen atoms in total. The number of halogens is 2. The number of aromatic nitrogens is 2. The van der Waals surface area contributed by atoms with Crippen molar-refractivity contribution in [3.63, 3.8) is 0 Å². The molecule has 0 bridgehead atoms. The van der Waals surface area contributed by atoms with Gasteiger partial charge in [0.25, 0.3) is 0 Å². The van der Waals surface area contributed by atoms with E-state index in [0.717, 1.165) is 0 Å². The van der Waals surface area contributed by atoms with Crippen LogP contribution >= 0.6 is 15.9 Å². The van der Waals surface area contributed by atoms with Gasteiger partial charge in [0.2, 0.25) is 0 Å². The topological polar surface area (TPSA) is 66.0 Å². The minimum Gasteiger partial charge on any atom is -0.481 e. The fraction of sp³-hybridized carbons (Fsp3) is 0.385. The summed E-state index contributed by atoms with van der Waals surface area (Å²) in [6.07, 6.45) is 0.551. The number of carboxylic acids is 1. The van der Waals surface area contributed by atoms with Gasteiger partial charge in [-0.05, 0) is 27.4 Å². The van der Waals surface area contributed by atoms with Crippen LogP contribution in [0.3, 0.4) is 0 Å². The maximum Gasteiger partial charge on any atom is 0.303 e. The Morgan fingerprint density at radius 3 is 2.84 bits per heavy atom.